The second kappa shape index (κ2) is 9.13. The van der Waals surface area contributed by atoms with E-state index in [0.717, 1.165) is 16.3 Å². The maximum atomic E-state index is 12.7. The van der Waals surface area contributed by atoms with E-state index in [1.165, 1.54) is 0 Å². The van der Waals surface area contributed by atoms with Crippen LogP contribution >= 0.6 is 0 Å². The molecule has 154 valence electrons. The highest BCUT2D eigenvalue weighted by molar-refractivity contribution is 6.08. The van der Waals surface area contributed by atoms with Gasteiger partial charge in [-0.2, -0.15) is 0 Å². The molecule has 0 unspecified atom stereocenters. The first-order valence-electron chi connectivity index (χ1n) is 9.83. The molecule has 0 fully saturated rings. The summed E-state index contributed by atoms with van der Waals surface area (Å²) in [6.45, 7) is 0.143. The summed E-state index contributed by atoms with van der Waals surface area (Å²) < 4.78 is 10.6. The Morgan fingerprint density at radius 3 is 2.29 bits per heavy atom. The highest BCUT2D eigenvalue weighted by atomic mass is 16.5. The molecule has 0 aliphatic rings. The molecular formula is C26H21NO4. The number of anilines is 1. The molecule has 31 heavy (non-hydrogen) atoms. The standard InChI is InChI=1S/C26H21NO4/c1-30-22-14-12-20(13-15-22)25(28)27-24-9-5-4-8-23(24)26(29)31-17-18-10-11-19-6-2-3-7-21(19)16-18/h2-16H,17H2,1H3,(H,27,28). The number of esters is 1. The maximum Gasteiger partial charge on any atom is 0.340 e. The number of hydrogen-bond acceptors (Lipinski definition) is 4. The molecule has 0 aliphatic carbocycles. The highest BCUT2D eigenvalue weighted by Crippen LogP contribution is 2.20. The van der Waals surface area contributed by atoms with Crippen LogP contribution in [-0.2, 0) is 11.3 Å². The molecule has 0 aliphatic heterocycles. The summed E-state index contributed by atoms with van der Waals surface area (Å²) in [5.74, 6) is -0.162. The van der Waals surface area contributed by atoms with Crippen LogP contribution in [0.25, 0.3) is 10.8 Å². The van der Waals surface area contributed by atoms with Crippen molar-refractivity contribution in [3.8, 4) is 5.75 Å². The summed E-state index contributed by atoms with van der Waals surface area (Å²) in [5.41, 5.74) is 2.05. The molecule has 5 nitrogen and oxygen atoms in total. The summed E-state index contributed by atoms with van der Waals surface area (Å²) in [4.78, 5) is 25.3. The van der Waals surface area contributed by atoms with E-state index >= 15 is 0 Å². The van der Waals surface area contributed by atoms with Crippen molar-refractivity contribution in [2.24, 2.45) is 0 Å². The maximum absolute atomic E-state index is 12.7. The number of hydrogen-bond donors (Lipinski definition) is 1. The Morgan fingerprint density at radius 1 is 0.806 bits per heavy atom. The largest absolute Gasteiger partial charge is 0.497 e. The Balaban J connectivity index is 1.46. The summed E-state index contributed by atoms with van der Waals surface area (Å²) in [5, 5.41) is 5.00. The SMILES string of the molecule is COc1ccc(C(=O)Nc2ccccc2C(=O)OCc2ccc3ccccc3c2)cc1. The molecule has 0 atom stereocenters. The van der Waals surface area contributed by atoms with E-state index in [4.69, 9.17) is 9.47 Å². The fourth-order valence-corrected chi connectivity index (χ4v) is 3.26. The Labute approximate surface area is 180 Å². The summed E-state index contributed by atoms with van der Waals surface area (Å²) >= 11 is 0. The lowest BCUT2D eigenvalue weighted by Gasteiger charge is -2.12. The predicted octanol–water partition coefficient (Wildman–Crippen LogP) is 5.46. The fraction of sp³-hybridized carbons (Fsp3) is 0.0769. The molecule has 0 aromatic heterocycles. The summed E-state index contributed by atoms with van der Waals surface area (Å²) in [6.07, 6.45) is 0. The number of rotatable bonds is 6. The Bertz CT molecular complexity index is 1230. The monoisotopic (exact) mass is 411 g/mol. The minimum absolute atomic E-state index is 0.143. The molecule has 0 heterocycles. The van der Waals surface area contributed by atoms with Crippen molar-refractivity contribution in [1.29, 1.82) is 0 Å². The topological polar surface area (TPSA) is 64.6 Å². The van der Waals surface area contributed by atoms with Gasteiger partial charge in [0.2, 0.25) is 0 Å². The van der Waals surface area contributed by atoms with Gasteiger partial charge in [0.15, 0.2) is 0 Å². The van der Waals surface area contributed by atoms with E-state index in [1.807, 2.05) is 42.5 Å². The summed E-state index contributed by atoms with van der Waals surface area (Å²) in [6, 6.07) is 27.5. The third-order valence-electron chi connectivity index (χ3n) is 4.93. The fourth-order valence-electron chi connectivity index (χ4n) is 3.26. The first kappa shape index (κ1) is 20.2. The van der Waals surface area contributed by atoms with E-state index in [2.05, 4.69) is 5.32 Å². The Kier molecular flexibility index (Phi) is 5.94. The van der Waals surface area contributed by atoms with Gasteiger partial charge in [0.05, 0.1) is 18.4 Å². The van der Waals surface area contributed by atoms with Crippen LogP contribution in [0.3, 0.4) is 0 Å². The molecule has 0 bridgehead atoms. The first-order chi connectivity index (χ1) is 15.1. The van der Waals surface area contributed by atoms with E-state index in [-0.39, 0.29) is 12.5 Å². The van der Waals surface area contributed by atoms with Gasteiger partial charge < -0.3 is 14.8 Å². The molecule has 1 amide bonds. The molecule has 0 saturated heterocycles. The Hall–Kier alpha value is -4.12. The lowest BCUT2D eigenvalue weighted by Crippen LogP contribution is -2.15. The molecule has 0 saturated carbocycles. The first-order valence-corrected chi connectivity index (χ1v) is 9.83. The van der Waals surface area contributed by atoms with Crippen molar-refractivity contribution in [1.82, 2.24) is 0 Å². The normalized spacial score (nSPS) is 10.5. The molecule has 0 radical (unpaired) electrons. The quantitative estimate of drug-likeness (QED) is 0.428. The van der Waals surface area contributed by atoms with Crippen molar-refractivity contribution >= 4 is 28.3 Å². The van der Waals surface area contributed by atoms with Gasteiger partial charge >= 0.3 is 5.97 Å². The third kappa shape index (κ3) is 4.73. The highest BCUT2D eigenvalue weighted by Gasteiger charge is 2.15. The van der Waals surface area contributed by atoms with Crippen molar-refractivity contribution in [3.05, 3.63) is 108 Å². The zero-order chi connectivity index (χ0) is 21.6. The number of para-hydroxylation sites is 1. The van der Waals surface area contributed by atoms with Crippen LogP contribution in [-0.4, -0.2) is 19.0 Å². The van der Waals surface area contributed by atoms with Crippen molar-refractivity contribution in [3.63, 3.8) is 0 Å². The Morgan fingerprint density at radius 2 is 1.52 bits per heavy atom. The average Bonchev–Trinajstić information content (AvgIpc) is 2.82. The third-order valence-corrected chi connectivity index (χ3v) is 4.93. The van der Waals surface area contributed by atoms with E-state index in [9.17, 15) is 9.59 Å². The number of fused-ring (bicyclic) bond motifs is 1. The van der Waals surface area contributed by atoms with Crippen LogP contribution in [0.15, 0.2) is 91.0 Å². The number of carbonyl (C=O) groups excluding carboxylic acids is 2. The smallest absolute Gasteiger partial charge is 0.340 e. The predicted molar refractivity (Wildman–Crippen MR) is 120 cm³/mol. The molecule has 4 aromatic carbocycles. The number of ether oxygens (including phenoxy) is 2. The number of methoxy groups -OCH3 is 1. The van der Waals surface area contributed by atoms with Crippen molar-refractivity contribution in [2.45, 2.75) is 6.61 Å². The van der Waals surface area contributed by atoms with Gasteiger partial charge in [-0.15, -0.1) is 0 Å². The van der Waals surface area contributed by atoms with E-state index in [0.29, 0.717) is 22.6 Å². The number of nitrogens with one attached hydrogen (secondary N) is 1. The lowest BCUT2D eigenvalue weighted by molar-refractivity contribution is 0.0474. The van der Waals surface area contributed by atoms with E-state index < -0.39 is 5.97 Å². The van der Waals surface area contributed by atoms with Crippen LogP contribution < -0.4 is 10.1 Å². The second-order valence-corrected chi connectivity index (χ2v) is 6.99. The van der Waals surface area contributed by atoms with Crippen LogP contribution in [0.1, 0.15) is 26.3 Å². The molecule has 1 N–H and O–H groups in total. The van der Waals surface area contributed by atoms with E-state index in [1.54, 1.807) is 55.6 Å². The summed E-state index contributed by atoms with van der Waals surface area (Å²) in [7, 11) is 1.56. The molecule has 4 aromatic rings. The molecule has 0 spiro atoms. The molecular weight excluding hydrogens is 390 g/mol. The van der Waals surface area contributed by atoms with Gasteiger partial charge in [-0.1, -0.05) is 48.5 Å². The van der Waals surface area contributed by atoms with Gasteiger partial charge in [-0.05, 0) is 58.8 Å². The van der Waals surface area contributed by atoms with Crippen molar-refractivity contribution < 1.29 is 19.1 Å². The minimum atomic E-state index is -0.501. The van der Waals surface area contributed by atoms with Gasteiger partial charge in [0, 0.05) is 5.56 Å². The van der Waals surface area contributed by atoms with Crippen LogP contribution in [0.4, 0.5) is 5.69 Å². The number of benzene rings is 4. The minimum Gasteiger partial charge on any atom is -0.497 e. The number of amides is 1. The van der Waals surface area contributed by atoms with Crippen LogP contribution in [0, 0.1) is 0 Å². The van der Waals surface area contributed by atoms with Crippen molar-refractivity contribution in [2.75, 3.05) is 12.4 Å². The van der Waals surface area contributed by atoms with Gasteiger partial charge in [-0.25, -0.2) is 4.79 Å². The van der Waals surface area contributed by atoms with Crippen LogP contribution in [0.5, 0.6) is 5.75 Å². The molecule has 5 heteroatoms. The zero-order valence-electron chi connectivity index (χ0n) is 17.0. The van der Waals surface area contributed by atoms with Gasteiger partial charge in [0.1, 0.15) is 12.4 Å². The van der Waals surface area contributed by atoms with Crippen LogP contribution in [0.2, 0.25) is 0 Å². The number of carbonyl (C=O) groups is 2. The second-order valence-electron chi connectivity index (χ2n) is 6.99. The lowest BCUT2D eigenvalue weighted by atomic mass is 10.1. The van der Waals surface area contributed by atoms with Gasteiger partial charge in [0.25, 0.3) is 5.91 Å². The average molecular weight is 411 g/mol. The zero-order valence-corrected chi connectivity index (χ0v) is 17.0. The molecule has 4 rings (SSSR count). The van der Waals surface area contributed by atoms with Gasteiger partial charge in [-0.3, -0.25) is 4.79 Å².